The maximum Gasteiger partial charge on any atom is 0.416 e. The van der Waals surface area contributed by atoms with Crippen LogP contribution >= 0.6 is 0 Å². The van der Waals surface area contributed by atoms with Gasteiger partial charge in [0.1, 0.15) is 0 Å². The van der Waals surface area contributed by atoms with E-state index in [1.807, 2.05) is 12.1 Å². The third-order valence-electron chi connectivity index (χ3n) is 6.91. The SMILES string of the molecule is CC1CC(NC(=O)OCCc2cc(C(F)(F)F)cc(C(F)(F)F)c2)c2cc3c(cc2N1C(=O)O)CCCC3. The van der Waals surface area contributed by atoms with Crippen molar-refractivity contribution in [1.29, 1.82) is 0 Å². The molecular weight excluding hydrogens is 518 g/mol. The first kappa shape index (κ1) is 27.6. The number of rotatable bonds is 4. The van der Waals surface area contributed by atoms with E-state index in [0.717, 1.165) is 36.8 Å². The average Bonchev–Trinajstić information content (AvgIpc) is 2.81. The molecule has 4 rings (SSSR count). The number of ether oxygens (including phenoxy) is 1. The van der Waals surface area contributed by atoms with Crippen LogP contribution in [0.1, 0.15) is 65.6 Å². The number of nitrogens with zero attached hydrogens (tertiary/aromatic N) is 1. The summed E-state index contributed by atoms with van der Waals surface area (Å²) in [6, 6.07) is 3.94. The van der Waals surface area contributed by atoms with Crippen molar-refractivity contribution in [3.8, 4) is 0 Å². The minimum atomic E-state index is -4.97. The molecular formula is C26H26F6N2O4. The van der Waals surface area contributed by atoms with E-state index in [1.165, 1.54) is 4.90 Å². The van der Waals surface area contributed by atoms with Crippen LogP contribution in [0.4, 0.5) is 41.6 Å². The summed E-state index contributed by atoms with van der Waals surface area (Å²) < 4.78 is 83.6. The molecule has 0 fully saturated rings. The van der Waals surface area contributed by atoms with Gasteiger partial charge in [0.05, 0.1) is 29.5 Å². The Bertz CT molecular complexity index is 1200. The molecule has 1 aliphatic carbocycles. The van der Waals surface area contributed by atoms with Gasteiger partial charge in [-0.3, -0.25) is 4.90 Å². The lowest BCUT2D eigenvalue weighted by Gasteiger charge is -2.39. The predicted molar refractivity (Wildman–Crippen MR) is 125 cm³/mol. The van der Waals surface area contributed by atoms with Gasteiger partial charge in [0.2, 0.25) is 0 Å². The van der Waals surface area contributed by atoms with Gasteiger partial charge in [-0.2, -0.15) is 26.3 Å². The second-order valence-electron chi connectivity index (χ2n) is 9.62. The van der Waals surface area contributed by atoms with Crippen molar-refractivity contribution in [3.05, 3.63) is 63.7 Å². The highest BCUT2D eigenvalue weighted by atomic mass is 19.4. The summed E-state index contributed by atoms with van der Waals surface area (Å²) >= 11 is 0. The number of hydrogen-bond donors (Lipinski definition) is 2. The zero-order valence-corrected chi connectivity index (χ0v) is 20.4. The number of benzene rings is 2. The van der Waals surface area contributed by atoms with Crippen LogP contribution in [0, 0.1) is 0 Å². The number of anilines is 1. The molecule has 38 heavy (non-hydrogen) atoms. The van der Waals surface area contributed by atoms with Crippen molar-refractivity contribution < 1.29 is 45.8 Å². The van der Waals surface area contributed by atoms with Crippen molar-refractivity contribution in [1.82, 2.24) is 5.32 Å². The molecule has 2 amide bonds. The first-order valence-electron chi connectivity index (χ1n) is 12.1. The Labute approximate surface area is 214 Å². The number of amides is 2. The summed E-state index contributed by atoms with van der Waals surface area (Å²) in [6.45, 7) is 1.26. The van der Waals surface area contributed by atoms with Gasteiger partial charge in [-0.15, -0.1) is 0 Å². The fraction of sp³-hybridized carbons (Fsp3) is 0.462. The summed E-state index contributed by atoms with van der Waals surface area (Å²) in [4.78, 5) is 25.8. The maximum absolute atomic E-state index is 13.1. The average molecular weight is 544 g/mol. The molecule has 2 unspecified atom stereocenters. The van der Waals surface area contributed by atoms with Gasteiger partial charge < -0.3 is 15.2 Å². The second-order valence-corrected chi connectivity index (χ2v) is 9.62. The van der Waals surface area contributed by atoms with E-state index < -0.39 is 54.4 Å². The fourth-order valence-corrected chi connectivity index (χ4v) is 5.13. The molecule has 1 aliphatic heterocycles. The van der Waals surface area contributed by atoms with Gasteiger partial charge in [-0.25, -0.2) is 9.59 Å². The van der Waals surface area contributed by atoms with Crippen LogP contribution in [0.15, 0.2) is 30.3 Å². The van der Waals surface area contributed by atoms with Crippen LogP contribution in [-0.2, 0) is 36.4 Å². The monoisotopic (exact) mass is 544 g/mol. The zero-order chi connectivity index (χ0) is 27.8. The number of nitrogens with one attached hydrogen (secondary N) is 1. The van der Waals surface area contributed by atoms with E-state index in [1.54, 1.807) is 6.92 Å². The molecule has 0 saturated heterocycles. The van der Waals surface area contributed by atoms with E-state index >= 15 is 0 Å². The lowest BCUT2D eigenvalue weighted by molar-refractivity contribution is -0.143. The predicted octanol–water partition coefficient (Wildman–Crippen LogP) is 6.89. The highest BCUT2D eigenvalue weighted by Crippen LogP contribution is 2.41. The van der Waals surface area contributed by atoms with Crippen LogP contribution in [0.25, 0.3) is 0 Å². The Morgan fingerprint density at radius 2 is 1.55 bits per heavy atom. The Balaban J connectivity index is 1.48. The third-order valence-corrected chi connectivity index (χ3v) is 6.91. The van der Waals surface area contributed by atoms with Gasteiger partial charge in [0.25, 0.3) is 0 Å². The topological polar surface area (TPSA) is 78.9 Å². The molecule has 2 aliphatic rings. The molecule has 206 valence electrons. The van der Waals surface area contributed by atoms with Gasteiger partial charge >= 0.3 is 24.5 Å². The summed E-state index contributed by atoms with van der Waals surface area (Å²) in [5, 5.41) is 12.5. The molecule has 2 atom stereocenters. The number of carbonyl (C=O) groups is 2. The lowest BCUT2D eigenvalue weighted by atomic mass is 9.84. The van der Waals surface area contributed by atoms with Crippen LogP contribution in [0.2, 0.25) is 0 Å². The standard InChI is InChI=1S/C26H26F6N2O4/c1-14-8-21(20-11-16-4-2-3-5-17(16)12-22(20)34(14)24(36)37)33-23(35)38-7-6-15-9-18(25(27,28)29)13-19(10-15)26(30,31)32/h9-14,21H,2-8H2,1H3,(H,33,35)(H,36,37). The first-order chi connectivity index (χ1) is 17.7. The lowest BCUT2D eigenvalue weighted by Crippen LogP contribution is -2.46. The number of aryl methyl sites for hydroxylation is 2. The highest BCUT2D eigenvalue weighted by molar-refractivity contribution is 5.89. The number of carbonyl (C=O) groups excluding carboxylic acids is 1. The molecule has 0 spiro atoms. The normalized spacial score (nSPS) is 19.4. The number of halogens is 6. The van der Waals surface area contributed by atoms with E-state index in [-0.39, 0.29) is 24.5 Å². The van der Waals surface area contributed by atoms with Gasteiger partial charge in [-0.1, -0.05) is 6.07 Å². The summed E-state index contributed by atoms with van der Waals surface area (Å²) in [5.74, 6) is 0. The first-order valence-corrected chi connectivity index (χ1v) is 12.1. The molecule has 1 heterocycles. The number of hydrogen-bond acceptors (Lipinski definition) is 3. The minimum absolute atomic E-state index is 0.0396. The quantitative estimate of drug-likeness (QED) is 0.411. The van der Waals surface area contributed by atoms with Crippen molar-refractivity contribution in [2.75, 3.05) is 11.5 Å². The Kier molecular flexibility index (Phi) is 7.53. The highest BCUT2D eigenvalue weighted by Gasteiger charge is 2.38. The molecule has 0 radical (unpaired) electrons. The number of alkyl halides is 6. The molecule has 0 bridgehead atoms. The summed E-state index contributed by atoms with van der Waals surface area (Å²) in [7, 11) is 0. The smallest absolute Gasteiger partial charge is 0.416 e. The Hall–Kier alpha value is -3.44. The Morgan fingerprint density at radius 1 is 0.974 bits per heavy atom. The minimum Gasteiger partial charge on any atom is -0.465 e. The molecule has 2 aromatic carbocycles. The van der Waals surface area contributed by atoms with Crippen molar-refractivity contribution in [3.63, 3.8) is 0 Å². The zero-order valence-electron chi connectivity index (χ0n) is 20.4. The van der Waals surface area contributed by atoms with E-state index in [4.69, 9.17) is 4.74 Å². The van der Waals surface area contributed by atoms with E-state index in [2.05, 4.69) is 5.32 Å². The largest absolute Gasteiger partial charge is 0.465 e. The maximum atomic E-state index is 13.1. The third kappa shape index (κ3) is 5.99. The van der Waals surface area contributed by atoms with E-state index in [9.17, 15) is 41.0 Å². The van der Waals surface area contributed by atoms with Crippen molar-refractivity contribution in [2.45, 2.75) is 69.9 Å². The van der Waals surface area contributed by atoms with Gasteiger partial charge in [0, 0.05) is 12.5 Å². The van der Waals surface area contributed by atoms with Crippen LogP contribution in [0.3, 0.4) is 0 Å². The second kappa shape index (κ2) is 10.4. The van der Waals surface area contributed by atoms with E-state index in [0.29, 0.717) is 23.4 Å². The number of carboxylic acid groups (broad SMARTS) is 1. The molecule has 0 saturated carbocycles. The van der Waals surface area contributed by atoms with Crippen molar-refractivity contribution >= 4 is 17.9 Å². The number of fused-ring (bicyclic) bond motifs is 2. The van der Waals surface area contributed by atoms with Gasteiger partial charge in [-0.05, 0) is 85.5 Å². The molecule has 12 heteroatoms. The molecule has 6 nitrogen and oxygen atoms in total. The molecule has 0 aromatic heterocycles. The summed E-state index contributed by atoms with van der Waals surface area (Å²) in [6.07, 6.45) is -8.41. The number of alkyl carbamates (subject to hydrolysis) is 1. The van der Waals surface area contributed by atoms with Gasteiger partial charge in [0.15, 0.2) is 0 Å². The Morgan fingerprint density at radius 3 is 2.11 bits per heavy atom. The van der Waals surface area contributed by atoms with Crippen LogP contribution in [0.5, 0.6) is 0 Å². The fourth-order valence-electron chi connectivity index (χ4n) is 5.13. The summed E-state index contributed by atoms with van der Waals surface area (Å²) in [5.41, 5.74) is 0.0924. The van der Waals surface area contributed by atoms with Crippen LogP contribution < -0.4 is 10.2 Å². The van der Waals surface area contributed by atoms with Crippen LogP contribution in [-0.4, -0.2) is 29.9 Å². The molecule has 2 aromatic rings. The molecule has 2 N–H and O–H groups in total. The van der Waals surface area contributed by atoms with Crippen molar-refractivity contribution in [2.24, 2.45) is 0 Å².